The van der Waals surface area contributed by atoms with Crippen LogP contribution in [0.25, 0.3) is 0 Å². The first-order chi connectivity index (χ1) is 9.48. The van der Waals surface area contributed by atoms with Crippen LogP contribution in [-0.2, 0) is 4.79 Å². The maximum Gasteiger partial charge on any atom is 0.237 e. The van der Waals surface area contributed by atoms with E-state index in [4.69, 9.17) is 5.73 Å². The van der Waals surface area contributed by atoms with Crippen LogP contribution in [0.1, 0.15) is 39.0 Å². The van der Waals surface area contributed by atoms with Crippen molar-refractivity contribution in [2.24, 2.45) is 5.73 Å². The Hall–Kier alpha value is -0.650. The Bertz CT molecular complexity index is 339. The number of nitrogens with one attached hydrogen (secondary N) is 1. The SMILES string of the molecule is CCNC1(C(N)=O)CCC(N2CCC(N(C)C)CC2)C1. The molecule has 2 atom stereocenters. The van der Waals surface area contributed by atoms with Gasteiger partial charge in [0.15, 0.2) is 0 Å². The van der Waals surface area contributed by atoms with Gasteiger partial charge in [-0.1, -0.05) is 6.92 Å². The zero-order chi connectivity index (χ0) is 14.8. The number of likely N-dealkylation sites (tertiary alicyclic amines) is 1. The van der Waals surface area contributed by atoms with Gasteiger partial charge >= 0.3 is 0 Å². The van der Waals surface area contributed by atoms with E-state index in [-0.39, 0.29) is 5.91 Å². The number of rotatable bonds is 5. The summed E-state index contributed by atoms with van der Waals surface area (Å²) in [5.41, 5.74) is 5.19. The lowest BCUT2D eigenvalue weighted by molar-refractivity contribution is -0.124. The average Bonchev–Trinajstić information content (AvgIpc) is 2.85. The van der Waals surface area contributed by atoms with Gasteiger partial charge in [-0.25, -0.2) is 0 Å². The molecule has 0 aromatic rings. The van der Waals surface area contributed by atoms with E-state index in [9.17, 15) is 4.79 Å². The van der Waals surface area contributed by atoms with E-state index in [1.54, 1.807) is 0 Å². The van der Waals surface area contributed by atoms with Crippen molar-refractivity contribution < 1.29 is 4.79 Å². The van der Waals surface area contributed by atoms with Crippen LogP contribution in [-0.4, -0.2) is 67.1 Å². The van der Waals surface area contributed by atoms with Gasteiger partial charge < -0.3 is 20.9 Å². The van der Waals surface area contributed by atoms with Crippen LogP contribution >= 0.6 is 0 Å². The Kier molecular flexibility index (Phi) is 5.04. The lowest BCUT2D eigenvalue weighted by Gasteiger charge is -2.39. The topological polar surface area (TPSA) is 61.6 Å². The van der Waals surface area contributed by atoms with Crippen LogP contribution < -0.4 is 11.1 Å². The highest BCUT2D eigenvalue weighted by Crippen LogP contribution is 2.34. The largest absolute Gasteiger partial charge is 0.368 e. The average molecular weight is 282 g/mol. The number of amides is 1. The molecule has 0 bridgehead atoms. The van der Waals surface area contributed by atoms with Crippen molar-refractivity contribution in [3.05, 3.63) is 0 Å². The number of nitrogens with two attached hydrogens (primary N) is 1. The van der Waals surface area contributed by atoms with Crippen LogP contribution in [0.4, 0.5) is 0 Å². The molecule has 1 saturated heterocycles. The Morgan fingerprint density at radius 1 is 1.35 bits per heavy atom. The van der Waals surface area contributed by atoms with Crippen molar-refractivity contribution in [3.63, 3.8) is 0 Å². The summed E-state index contributed by atoms with van der Waals surface area (Å²) in [4.78, 5) is 16.7. The fourth-order valence-corrected chi connectivity index (χ4v) is 3.91. The summed E-state index contributed by atoms with van der Waals surface area (Å²) in [6.07, 6.45) is 5.31. The number of nitrogens with zero attached hydrogens (tertiary/aromatic N) is 2. The van der Waals surface area contributed by atoms with Gasteiger partial charge in [-0.15, -0.1) is 0 Å². The van der Waals surface area contributed by atoms with Crippen molar-refractivity contribution >= 4 is 5.91 Å². The Morgan fingerprint density at radius 3 is 2.50 bits per heavy atom. The highest BCUT2D eigenvalue weighted by molar-refractivity contribution is 5.85. The molecule has 1 heterocycles. The lowest BCUT2D eigenvalue weighted by Crippen LogP contribution is -2.55. The zero-order valence-electron chi connectivity index (χ0n) is 13.2. The first-order valence-corrected chi connectivity index (χ1v) is 7.94. The van der Waals surface area contributed by atoms with E-state index in [0.717, 1.165) is 38.9 Å². The van der Waals surface area contributed by atoms with Gasteiger partial charge in [-0.3, -0.25) is 4.79 Å². The predicted octanol–water partition coefficient (Wildman–Crippen LogP) is 0.399. The maximum absolute atomic E-state index is 11.8. The highest BCUT2D eigenvalue weighted by atomic mass is 16.1. The fraction of sp³-hybridized carbons (Fsp3) is 0.933. The fourth-order valence-electron chi connectivity index (χ4n) is 3.91. The van der Waals surface area contributed by atoms with E-state index in [1.807, 2.05) is 6.92 Å². The number of piperidine rings is 1. The first-order valence-electron chi connectivity index (χ1n) is 7.94. The molecule has 5 nitrogen and oxygen atoms in total. The van der Waals surface area contributed by atoms with Crippen molar-refractivity contribution in [3.8, 4) is 0 Å². The van der Waals surface area contributed by atoms with Gasteiger partial charge in [-0.2, -0.15) is 0 Å². The second-order valence-corrected chi connectivity index (χ2v) is 6.60. The van der Waals surface area contributed by atoms with Gasteiger partial charge in [0.2, 0.25) is 5.91 Å². The number of hydrogen-bond donors (Lipinski definition) is 2. The molecule has 2 fully saturated rings. The van der Waals surface area contributed by atoms with Crippen LogP contribution in [0.3, 0.4) is 0 Å². The van der Waals surface area contributed by atoms with Gasteiger partial charge in [0, 0.05) is 12.1 Å². The standard InChI is InChI=1S/C15H30N4O/c1-4-17-15(14(16)20)8-5-13(11-15)19-9-6-12(7-10-19)18(2)3/h12-13,17H,4-11H2,1-3H3,(H2,16,20). The number of carbonyl (C=O) groups excluding carboxylic acids is 1. The second kappa shape index (κ2) is 6.41. The summed E-state index contributed by atoms with van der Waals surface area (Å²) in [7, 11) is 4.33. The normalized spacial score (nSPS) is 32.9. The molecule has 1 saturated carbocycles. The van der Waals surface area contributed by atoms with Crippen LogP contribution in [0.5, 0.6) is 0 Å². The van der Waals surface area contributed by atoms with Gasteiger partial charge in [0.25, 0.3) is 0 Å². The molecule has 3 N–H and O–H groups in total. The van der Waals surface area contributed by atoms with E-state index < -0.39 is 5.54 Å². The molecule has 0 aromatic carbocycles. The molecule has 0 spiro atoms. The lowest BCUT2D eigenvalue weighted by atomic mass is 9.95. The number of primary amides is 1. The van der Waals surface area contributed by atoms with E-state index in [0.29, 0.717) is 12.1 Å². The minimum absolute atomic E-state index is 0.176. The smallest absolute Gasteiger partial charge is 0.237 e. The monoisotopic (exact) mass is 282 g/mol. The number of hydrogen-bond acceptors (Lipinski definition) is 4. The predicted molar refractivity (Wildman–Crippen MR) is 81.5 cm³/mol. The molecular formula is C15H30N4O. The number of likely N-dealkylation sites (N-methyl/N-ethyl adjacent to an activating group) is 1. The molecule has 0 aromatic heterocycles. The summed E-state index contributed by atoms with van der Waals surface area (Å²) in [5, 5.41) is 3.34. The third kappa shape index (κ3) is 3.15. The molecule has 0 radical (unpaired) electrons. The van der Waals surface area contributed by atoms with Crippen LogP contribution in [0.15, 0.2) is 0 Å². The molecule has 1 aliphatic heterocycles. The number of carbonyl (C=O) groups is 1. The summed E-state index contributed by atoms with van der Waals surface area (Å²) in [6, 6.07) is 1.23. The summed E-state index contributed by atoms with van der Waals surface area (Å²) < 4.78 is 0. The third-order valence-corrected chi connectivity index (χ3v) is 5.22. The Balaban J connectivity index is 1.91. The van der Waals surface area contributed by atoms with Gasteiger partial charge in [0.1, 0.15) is 0 Å². The Labute approximate surface area is 122 Å². The van der Waals surface area contributed by atoms with E-state index in [2.05, 4.69) is 29.2 Å². The van der Waals surface area contributed by atoms with Crippen molar-refractivity contribution in [2.45, 2.75) is 56.7 Å². The van der Waals surface area contributed by atoms with E-state index >= 15 is 0 Å². The molecule has 116 valence electrons. The molecular weight excluding hydrogens is 252 g/mol. The third-order valence-electron chi connectivity index (χ3n) is 5.22. The molecule has 2 unspecified atom stereocenters. The second-order valence-electron chi connectivity index (χ2n) is 6.60. The van der Waals surface area contributed by atoms with Gasteiger partial charge in [-0.05, 0) is 65.8 Å². The zero-order valence-corrected chi connectivity index (χ0v) is 13.2. The van der Waals surface area contributed by atoms with Gasteiger partial charge in [0.05, 0.1) is 5.54 Å². The van der Waals surface area contributed by atoms with Crippen LogP contribution in [0, 0.1) is 0 Å². The van der Waals surface area contributed by atoms with Crippen molar-refractivity contribution in [2.75, 3.05) is 33.7 Å². The summed E-state index contributed by atoms with van der Waals surface area (Å²) in [6.45, 7) is 5.14. The first kappa shape index (κ1) is 15.7. The quantitative estimate of drug-likeness (QED) is 0.766. The van der Waals surface area contributed by atoms with Crippen molar-refractivity contribution in [1.82, 2.24) is 15.1 Å². The minimum Gasteiger partial charge on any atom is -0.368 e. The minimum atomic E-state index is -0.461. The van der Waals surface area contributed by atoms with E-state index in [1.165, 1.54) is 12.8 Å². The maximum atomic E-state index is 11.8. The molecule has 2 rings (SSSR count). The van der Waals surface area contributed by atoms with Crippen LogP contribution in [0.2, 0.25) is 0 Å². The Morgan fingerprint density at radius 2 is 2.00 bits per heavy atom. The molecule has 5 heteroatoms. The molecule has 1 amide bonds. The molecule has 20 heavy (non-hydrogen) atoms. The molecule has 2 aliphatic rings. The highest BCUT2D eigenvalue weighted by Gasteiger charge is 2.45. The summed E-state index contributed by atoms with van der Waals surface area (Å²) >= 11 is 0. The van der Waals surface area contributed by atoms with Crippen molar-refractivity contribution in [1.29, 1.82) is 0 Å². The molecule has 1 aliphatic carbocycles. The summed E-state index contributed by atoms with van der Waals surface area (Å²) in [5.74, 6) is -0.176.